The van der Waals surface area contributed by atoms with E-state index in [2.05, 4.69) is 12.2 Å². The highest BCUT2D eigenvalue weighted by molar-refractivity contribution is 6.06. The van der Waals surface area contributed by atoms with Gasteiger partial charge in [0.1, 0.15) is 24.0 Å². The molecular weight excluding hydrogens is 380 g/mol. The number of imide groups is 1. The van der Waals surface area contributed by atoms with Crippen LogP contribution in [0.15, 0.2) is 42.5 Å². The number of nitrogens with one attached hydrogen (secondary N) is 1. The number of aliphatic hydroxyl groups excluding tert-OH is 1. The number of aliphatic hydroxyl groups is 1. The number of hydrogen-bond donors (Lipinski definition) is 2. The Kier molecular flexibility index (Phi) is 7.32. The molecule has 0 spiro atoms. The lowest BCUT2D eigenvalue weighted by Crippen LogP contribution is -2.45. The molecule has 0 aliphatic carbocycles. The normalized spacial score (nSPS) is 19.9. The van der Waals surface area contributed by atoms with Gasteiger partial charge in [0.25, 0.3) is 5.91 Å². The number of benzene rings is 2. The Morgan fingerprint density at radius 1 is 1.07 bits per heavy atom. The first-order valence-corrected chi connectivity index (χ1v) is 10.9. The number of ether oxygens (including phenoxy) is 1. The summed E-state index contributed by atoms with van der Waals surface area (Å²) in [6, 6.07) is 13.2. The van der Waals surface area contributed by atoms with Gasteiger partial charge in [-0.2, -0.15) is 0 Å². The number of β-amino-alcohol motifs (C(OH)–C–C–N with tert-alkyl or cyclic N) is 1. The Morgan fingerprint density at radius 3 is 2.57 bits per heavy atom. The Labute approximate surface area is 178 Å². The second-order valence-electron chi connectivity index (χ2n) is 8.32. The standard InChI is InChI=1S/C24H32N2O4/c1-3-4-5-6-9-14-24(2)22(28)26(23(29)25-24)16-20(27)17-30-21-13-12-18-10-7-8-11-19(18)15-21/h7-8,10-13,15,20,27H,3-6,9,14,16-17H2,1-2H3,(H,25,29). The number of hydrogen-bond acceptors (Lipinski definition) is 4. The number of rotatable bonds is 11. The molecule has 30 heavy (non-hydrogen) atoms. The summed E-state index contributed by atoms with van der Waals surface area (Å²) in [6.07, 6.45) is 5.09. The van der Waals surface area contributed by atoms with E-state index in [9.17, 15) is 14.7 Å². The van der Waals surface area contributed by atoms with Gasteiger partial charge in [0, 0.05) is 0 Å². The SMILES string of the molecule is CCCCCCCC1(C)NC(=O)N(CC(O)COc2ccc3ccccc3c2)C1=O. The van der Waals surface area contributed by atoms with Crippen LogP contribution in [0.3, 0.4) is 0 Å². The second-order valence-corrected chi connectivity index (χ2v) is 8.32. The molecule has 3 amide bonds. The van der Waals surface area contributed by atoms with Crippen LogP contribution in [-0.2, 0) is 4.79 Å². The molecule has 2 aromatic carbocycles. The van der Waals surface area contributed by atoms with E-state index in [0.717, 1.165) is 34.9 Å². The van der Waals surface area contributed by atoms with Crippen LogP contribution >= 0.6 is 0 Å². The molecular formula is C24H32N2O4. The molecule has 1 saturated heterocycles. The molecule has 3 rings (SSSR count). The highest BCUT2D eigenvalue weighted by Gasteiger charge is 2.47. The van der Waals surface area contributed by atoms with E-state index < -0.39 is 17.7 Å². The van der Waals surface area contributed by atoms with Crippen LogP contribution < -0.4 is 10.1 Å². The molecule has 2 atom stereocenters. The fourth-order valence-corrected chi connectivity index (χ4v) is 3.88. The van der Waals surface area contributed by atoms with Gasteiger partial charge in [-0.05, 0) is 36.2 Å². The third-order valence-corrected chi connectivity index (χ3v) is 5.68. The van der Waals surface area contributed by atoms with E-state index in [4.69, 9.17) is 4.74 Å². The second kappa shape index (κ2) is 9.94. The maximum absolute atomic E-state index is 12.8. The van der Waals surface area contributed by atoms with Crippen molar-refractivity contribution in [2.45, 2.75) is 64.0 Å². The van der Waals surface area contributed by atoms with Gasteiger partial charge in [-0.15, -0.1) is 0 Å². The molecule has 2 aromatic rings. The molecule has 6 heteroatoms. The third kappa shape index (κ3) is 5.30. The topological polar surface area (TPSA) is 78.9 Å². The fourth-order valence-electron chi connectivity index (χ4n) is 3.88. The van der Waals surface area contributed by atoms with Crippen molar-refractivity contribution in [1.82, 2.24) is 10.2 Å². The zero-order valence-electron chi connectivity index (χ0n) is 17.9. The third-order valence-electron chi connectivity index (χ3n) is 5.68. The number of fused-ring (bicyclic) bond motifs is 1. The van der Waals surface area contributed by atoms with E-state index in [0.29, 0.717) is 12.2 Å². The van der Waals surface area contributed by atoms with E-state index in [-0.39, 0.29) is 19.1 Å². The summed E-state index contributed by atoms with van der Waals surface area (Å²) in [5, 5.41) is 15.3. The summed E-state index contributed by atoms with van der Waals surface area (Å²) < 4.78 is 5.69. The first-order valence-electron chi connectivity index (χ1n) is 10.9. The highest BCUT2D eigenvalue weighted by atomic mass is 16.5. The van der Waals surface area contributed by atoms with Crippen molar-refractivity contribution in [3.63, 3.8) is 0 Å². The minimum atomic E-state index is -0.960. The summed E-state index contributed by atoms with van der Waals surface area (Å²) in [5.41, 5.74) is -0.887. The zero-order chi connectivity index (χ0) is 21.6. The quantitative estimate of drug-likeness (QED) is 0.427. The van der Waals surface area contributed by atoms with Crippen molar-refractivity contribution < 1.29 is 19.4 Å². The average Bonchev–Trinajstić information content (AvgIpc) is 2.95. The van der Waals surface area contributed by atoms with Crippen molar-refractivity contribution >= 4 is 22.7 Å². The molecule has 1 aliphatic rings. The van der Waals surface area contributed by atoms with Gasteiger partial charge < -0.3 is 15.2 Å². The van der Waals surface area contributed by atoms with Crippen LogP contribution in [0.2, 0.25) is 0 Å². The predicted octanol–water partition coefficient (Wildman–Crippen LogP) is 4.25. The Balaban J connectivity index is 1.50. The largest absolute Gasteiger partial charge is 0.491 e. The van der Waals surface area contributed by atoms with Gasteiger partial charge in [-0.1, -0.05) is 69.4 Å². The molecule has 0 aromatic heterocycles. The maximum atomic E-state index is 12.8. The summed E-state index contributed by atoms with van der Waals surface area (Å²) >= 11 is 0. The Hall–Kier alpha value is -2.60. The lowest BCUT2D eigenvalue weighted by Gasteiger charge is -2.22. The predicted molar refractivity (Wildman–Crippen MR) is 117 cm³/mol. The van der Waals surface area contributed by atoms with Gasteiger partial charge in [0.15, 0.2) is 0 Å². The molecule has 1 aliphatic heterocycles. The smallest absolute Gasteiger partial charge is 0.325 e. The van der Waals surface area contributed by atoms with Crippen LogP contribution in [-0.4, -0.2) is 46.7 Å². The van der Waals surface area contributed by atoms with E-state index in [1.54, 1.807) is 6.92 Å². The lowest BCUT2D eigenvalue weighted by molar-refractivity contribution is -0.132. The van der Waals surface area contributed by atoms with E-state index in [1.807, 2.05) is 42.5 Å². The monoisotopic (exact) mass is 412 g/mol. The van der Waals surface area contributed by atoms with Gasteiger partial charge in [-0.25, -0.2) is 4.79 Å². The summed E-state index contributed by atoms with van der Waals surface area (Å²) in [7, 11) is 0. The molecule has 0 saturated carbocycles. The number of urea groups is 1. The van der Waals surface area contributed by atoms with Crippen molar-refractivity contribution in [2.24, 2.45) is 0 Å². The summed E-state index contributed by atoms with van der Waals surface area (Å²) in [6.45, 7) is 3.85. The van der Waals surface area contributed by atoms with Crippen molar-refractivity contribution in [2.75, 3.05) is 13.2 Å². The number of nitrogens with zero attached hydrogens (tertiary/aromatic N) is 1. The molecule has 6 nitrogen and oxygen atoms in total. The van der Waals surface area contributed by atoms with Gasteiger partial charge in [0.05, 0.1) is 6.54 Å². The van der Waals surface area contributed by atoms with Crippen LogP contribution in [0.5, 0.6) is 5.75 Å². The molecule has 162 valence electrons. The molecule has 0 bridgehead atoms. The number of amides is 3. The number of carbonyl (C=O) groups excluding carboxylic acids is 2. The molecule has 2 N–H and O–H groups in total. The fraction of sp³-hybridized carbons (Fsp3) is 0.500. The first kappa shape index (κ1) is 22.1. The molecule has 1 heterocycles. The first-order chi connectivity index (χ1) is 14.4. The van der Waals surface area contributed by atoms with Gasteiger partial charge >= 0.3 is 6.03 Å². The van der Waals surface area contributed by atoms with Crippen LogP contribution in [0.1, 0.15) is 52.4 Å². The van der Waals surface area contributed by atoms with Crippen LogP contribution in [0.25, 0.3) is 10.8 Å². The molecule has 2 unspecified atom stereocenters. The Bertz CT molecular complexity index is 884. The zero-order valence-corrected chi connectivity index (χ0v) is 17.9. The van der Waals surface area contributed by atoms with Crippen LogP contribution in [0, 0.1) is 0 Å². The Morgan fingerprint density at radius 2 is 1.80 bits per heavy atom. The van der Waals surface area contributed by atoms with Crippen molar-refractivity contribution in [3.8, 4) is 5.75 Å². The number of carbonyl (C=O) groups is 2. The van der Waals surface area contributed by atoms with Gasteiger partial charge in [0.2, 0.25) is 0 Å². The molecule has 0 radical (unpaired) electrons. The molecule has 1 fully saturated rings. The minimum absolute atomic E-state index is 0.00311. The lowest BCUT2D eigenvalue weighted by atomic mass is 9.94. The summed E-state index contributed by atoms with van der Waals surface area (Å²) in [4.78, 5) is 26.2. The van der Waals surface area contributed by atoms with Crippen LogP contribution in [0.4, 0.5) is 4.79 Å². The minimum Gasteiger partial charge on any atom is -0.491 e. The summed E-state index contributed by atoms with van der Waals surface area (Å²) in [5.74, 6) is 0.370. The van der Waals surface area contributed by atoms with E-state index in [1.165, 1.54) is 12.8 Å². The number of unbranched alkanes of at least 4 members (excludes halogenated alkanes) is 4. The van der Waals surface area contributed by atoms with Gasteiger partial charge in [-0.3, -0.25) is 9.69 Å². The van der Waals surface area contributed by atoms with Crippen molar-refractivity contribution in [1.29, 1.82) is 0 Å². The average molecular weight is 413 g/mol. The highest BCUT2D eigenvalue weighted by Crippen LogP contribution is 2.25. The maximum Gasteiger partial charge on any atom is 0.325 e. The van der Waals surface area contributed by atoms with Crippen molar-refractivity contribution in [3.05, 3.63) is 42.5 Å². The van der Waals surface area contributed by atoms with E-state index >= 15 is 0 Å².